The van der Waals surface area contributed by atoms with Crippen molar-refractivity contribution in [3.8, 4) is 5.75 Å². The van der Waals surface area contributed by atoms with E-state index in [9.17, 15) is 4.79 Å². The summed E-state index contributed by atoms with van der Waals surface area (Å²) in [7, 11) is 0. The molecule has 108 valence electrons. The Balaban J connectivity index is 1.77. The molecular formula is C18H18O3. The van der Waals surface area contributed by atoms with E-state index in [2.05, 4.69) is 0 Å². The lowest BCUT2D eigenvalue weighted by atomic mass is 9.88. The first-order valence-corrected chi connectivity index (χ1v) is 7.14. The molecule has 1 aliphatic rings. The Bertz CT molecular complexity index is 600. The van der Waals surface area contributed by atoms with Crippen molar-refractivity contribution >= 4 is 5.78 Å². The Kier molecular flexibility index (Phi) is 4.02. The molecule has 1 aliphatic heterocycles. The van der Waals surface area contributed by atoms with Gasteiger partial charge in [0.05, 0.1) is 12.5 Å². The summed E-state index contributed by atoms with van der Waals surface area (Å²) in [6.07, 6.45) is 0.249. The number of ketones is 1. The van der Waals surface area contributed by atoms with E-state index >= 15 is 0 Å². The van der Waals surface area contributed by atoms with Gasteiger partial charge in [0, 0.05) is 0 Å². The second-order valence-electron chi connectivity index (χ2n) is 5.29. The minimum absolute atomic E-state index is 0.140. The van der Waals surface area contributed by atoms with E-state index in [1.807, 2.05) is 54.6 Å². The van der Waals surface area contributed by atoms with Crippen LogP contribution in [0.15, 0.2) is 54.6 Å². The number of carbonyl (C=O) groups excluding carboxylic acids is 1. The molecule has 0 aromatic heterocycles. The van der Waals surface area contributed by atoms with E-state index in [1.165, 1.54) is 0 Å². The van der Waals surface area contributed by atoms with Crippen molar-refractivity contribution in [3.63, 3.8) is 0 Å². The summed E-state index contributed by atoms with van der Waals surface area (Å²) in [5.74, 6) is 0.734. The zero-order valence-corrected chi connectivity index (χ0v) is 12.0. The molecule has 0 bridgehead atoms. The Hall–Kier alpha value is -2.13. The van der Waals surface area contributed by atoms with Crippen LogP contribution in [0.4, 0.5) is 0 Å². The Labute approximate surface area is 124 Å². The third kappa shape index (κ3) is 3.50. The lowest BCUT2D eigenvalue weighted by molar-refractivity contribution is -0.117. The zero-order chi connectivity index (χ0) is 14.7. The molecule has 3 heteroatoms. The fourth-order valence-corrected chi connectivity index (χ4v) is 2.42. The van der Waals surface area contributed by atoms with Crippen molar-refractivity contribution in [2.75, 3.05) is 13.2 Å². The maximum atomic E-state index is 12.0. The largest absolute Gasteiger partial charge is 0.491 e. The van der Waals surface area contributed by atoms with Crippen LogP contribution in [-0.2, 0) is 9.53 Å². The third-order valence-electron chi connectivity index (χ3n) is 3.59. The van der Waals surface area contributed by atoms with E-state index < -0.39 is 0 Å². The summed E-state index contributed by atoms with van der Waals surface area (Å²) < 4.78 is 10.7. The highest BCUT2D eigenvalue weighted by Gasteiger charge is 2.23. The summed E-state index contributed by atoms with van der Waals surface area (Å²) in [6, 6.07) is 17.6. The van der Waals surface area contributed by atoms with Crippen LogP contribution < -0.4 is 4.74 Å². The number of Topliss-reactive ketones (excluding diaryl/α,β-unsaturated/α-hetero) is 1. The van der Waals surface area contributed by atoms with Gasteiger partial charge < -0.3 is 9.47 Å². The Morgan fingerprint density at radius 3 is 2.33 bits per heavy atom. The molecule has 2 atom stereocenters. The first-order chi connectivity index (χ1) is 10.2. The second-order valence-corrected chi connectivity index (χ2v) is 5.29. The van der Waals surface area contributed by atoms with E-state index in [0.29, 0.717) is 6.61 Å². The van der Waals surface area contributed by atoms with Crippen molar-refractivity contribution in [1.82, 2.24) is 0 Å². The van der Waals surface area contributed by atoms with Gasteiger partial charge in [0.25, 0.3) is 0 Å². The van der Waals surface area contributed by atoms with Gasteiger partial charge in [-0.25, -0.2) is 0 Å². The molecule has 0 N–H and O–H groups in total. The van der Waals surface area contributed by atoms with Gasteiger partial charge in [-0.2, -0.15) is 0 Å². The average Bonchev–Trinajstić information content (AvgIpc) is 3.32. The van der Waals surface area contributed by atoms with Crippen LogP contribution in [0.25, 0.3) is 0 Å². The minimum Gasteiger partial charge on any atom is -0.491 e. The van der Waals surface area contributed by atoms with Gasteiger partial charge in [0.1, 0.15) is 24.2 Å². The average molecular weight is 282 g/mol. The molecule has 0 amide bonds. The fraction of sp³-hybridized carbons (Fsp3) is 0.278. The van der Waals surface area contributed by atoms with Gasteiger partial charge in [-0.1, -0.05) is 42.5 Å². The molecule has 0 radical (unpaired) electrons. The first-order valence-electron chi connectivity index (χ1n) is 7.14. The predicted molar refractivity (Wildman–Crippen MR) is 80.6 cm³/mol. The van der Waals surface area contributed by atoms with Gasteiger partial charge in [-0.15, -0.1) is 0 Å². The standard InChI is InChI=1S/C18H18O3/c1-13(19)18(14-5-3-2-4-6-14)15-7-9-16(10-8-15)20-11-17-12-21-17/h2-10,17-18H,11-12H2,1H3. The topological polar surface area (TPSA) is 38.8 Å². The molecule has 1 saturated heterocycles. The van der Waals surface area contributed by atoms with Gasteiger partial charge >= 0.3 is 0 Å². The maximum Gasteiger partial charge on any atom is 0.141 e. The molecule has 0 saturated carbocycles. The number of epoxide rings is 1. The van der Waals surface area contributed by atoms with E-state index in [0.717, 1.165) is 23.5 Å². The lowest BCUT2D eigenvalue weighted by Crippen LogP contribution is -2.10. The summed E-state index contributed by atoms with van der Waals surface area (Å²) in [6.45, 7) is 3.01. The maximum absolute atomic E-state index is 12.0. The van der Waals surface area contributed by atoms with Gasteiger partial charge in [0.15, 0.2) is 0 Å². The molecular weight excluding hydrogens is 264 g/mol. The van der Waals surface area contributed by atoms with E-state index in [4.69, 9.17) is 9.47 Å². The van der Waals surface area contributed by atoms with Gasteiger partial charge in [-0.3, -0.25) is 4.79 Å². The highest BCUT2D eigenvalue weighted by molar-refractivity contribution is 5.86. The SMILES string of the molecule is CC(=O)C(c1ccccc1)c1ccc(OCC2CO2)cc1. The quantitative estimate of drug-likeness (QED) is 0.764. The molecule has 2 aromatic rings. The van der Waals surface area contributed by atoms with E-state index in [-0.39, 0.29) is 17.8 Å². The molecule has 2 aromatic carbocycles. The van der Waals surface area contributed by atoms with Crippen LogP contribution in [-0.4, -0.2) is 25.1 Å². The molecule has 0 aliphatic carbocycles. The predicted octanol–water partition coefficient (Wildman–Crippen LogP) is 3.19. The summed E-state index contributed by atoms with van der Waals surface area (Å²) in [5, 5.41) is 0. The van der Waals surface area contributed by atoms with Crippen LogP contribution in [0.2, 0.25) is 0 Å². The van der Waals surface area contributed by atoms with Crippen LogP contribution in [0.1, 0.15) is 24.0 Å². The zero-order valence-electron chi connectivity index (χ0n) is 12.0. The monoisotopic (exact) mass is 282 g/mol. The molecule has 3 rings (SSSR count). The number of hydrogen-bond donors (Lipinski definition) is 0. The highest BCUT2D eigenvalue weighted by Crippen LogP contribution is 2.27. The molecule has 0 spiro atoms. The fourth-order valence-electron chi connectivity index (χ4n) is 2.42. The molecule has 3 nitrogen and oxygen atoms in total. The molecule has 1 fully saturated rings. The van der Waals surface area contributed by atoms with Crippen LogP contribution in [0.3, 0.4) is 0 Å². The number of benzene rings is 2. The van der Waals surface area contributed by atoms with E-state index in [1.54, 1.807) is 6.92 Å². The number of ether oxygens (including phenoxy) is 2. The van der Waals surface area contributed by atoms with Gasteiger partial charge in [-0.05, 0) is 30.2 Å². The number of hydrogen-bond acceptors (Lipinski definition) is 3. The Morgan fingerprint density at radius 2 is 1.76 bits per heavy atom. The van der Waals surface area contributed by atoms with Crippen molar-refractivity contribution in [3.05, 3.63) is 65.7 Å². The minimum atomic E-state index is -0.216. The second kappa shape index (κ2) is 6.10. The van der Waals surface area contributed by atoms with Crippen molar-refractivity contribution < 1.29 is 14.3 Å². The highest BCUT2D eigenvalue weighted by atomic mass is 16.6. The summed E-state index contributed by atoms with van der Waals surface area (Å²) >= 11 is 0. The number of carbonyl (C=O) groups is 1. The van der Waals surface area contributed by atoms with Gasteiger partial charge in [0.2, 0.25) is 0 Å². The third-order valence-corrected chi connectivity index (χ3v) is 3.59. The first kappa shape index (κ1) is 13.8. The molecule has 1 heterocycles. The molecule has 2 unspecified atom stereocenters. The van der Waals surface area contributed by atoms with Crippen LogP contribution >= 0.6 is 0 Å². The lowest BCUT2D eigenvalue weighted by Gasteiger charge is -2.15. The van der Waals surface area contributed by atoms with Crippen molar-refractivity contribution in [1.29, 1.82) is 0 Å². The summed E-state index contributed by atoms with van der Waals surface area (Å²) in [4.78, 5) is 12.0. The van der Waals surface area contributed by atoms with Crippen molar-refractivity contribution in [2.24, 2.45) is 0 Å². The smallest absolute Gasteiger partial charge is 0.141 e. The Morgan fingerprint density at radius 1 is 1.14 bits per heavy atom. The van der Waals surface area contributed by atoms with Crippen molar-refractivity contribution in [2.45, 2.75) is 18.9 Å². The normalized spacial score (nSPS) is 18.0. The molecule has 21 heavy (non-hydrogen) atoms. The summed E-state index contributed by atoms with van der Waals surface area (Å²) in [5.41, 5.74) is 2.01. The van der Waals surface area contributed by atoms with Crippen LogP contribution in [0, 0.1) is 0 Å². The number of rotatable bonds is 6. The van der Waals surface area contributed by atoms with Crippen LogP contribution in [0.5, 0.6) is 5.75 Å².